The number of anilines is 5. The lowest BCUT2D eigenvalue weighted by molar-refractivity contribution is -0.137. The third kappa shape index (κ3) is 5.78. The van der Waals surface area contributed by atoms with Crippen LogP contribution in [-0.2, 0) is 17.6 Å². The van der Waals surface area contributed by atoms with Gasteiger partial charge in [0.25, 0.3) is 0 Å². The van der Waals surface area contributed by atoms with Gasteiger partial charge in [0.2, 0.25) is 17.7 Å². The summed E-state index contributed by atoms with van der Waals surface area (Å²) in [5, 5.41) is 17.3. The van der Waals surface area contributed by atoms with Gasteiger partial charge in [-0.15, -0.1) is 0 Å². The molecule has 2 aromatic heterocycles. The second-order valence-corrected chi connectivity index (χ2v) is 6.98. The molecular weight excluding hydrogens is 453 g/mol. The second kappa shape index (κ2) is 10.2. The largest absolute Gasteiger partial charge is 0.481 e. The lowest BCUT2D eigenvalue weighted by Gasteiger charge is -2.18. The zero-order valence-electron chi connectivity index (χ0n) is 18.2. The molecule has 178 valence electrons. The highest BCUT2D eigenvalue weighted by Gasteiger charge is 2.35. The molecule has 0 aliphatic heterocycles. The number of nitrogens with one attached hydrogen (secondary N) is 3. The molecule has 0 radical (unpaired) electrons. The van der Waals surface area contributed by atoms with Crippen molar-refractivity contribution in [3.05, 3.63) is 66.0 Å². The first-order valence-electron chi connectivity index (χ1n) is 9.80. The lowest BCUT2D eigenvalue weighted by Crippen LogP contribution is -2.14. The zero-order chi connectivity index (χ0) is 24.9. The van der Waals surface area contributed by atoms with Crippen LogP contribution in [0.4, 0.5) is 42.0 Å². The molecule has 1 amide bonds. The summed E-state index contributed by atoms with van der Waals surface area (Å²) >= 11 is 0. The molecule has 0 atom stereocenters. The number of pyridine rings is 1. The van der Waals surface area contributed by atoms with Gasteiger partial charge in [-0.1, -0.05) is 12.6 Å². The average molecular weight is 474 g/mol. The molecule has 1 aromatic carbocycles. The van der Waals surface area contributed by atoms with Crippen LogP contribution in [0.3, 0.4) is 0 Å². The number of carbonyl (C=O) groups is 1. The number of methoxy groups -OCH3 is 1. The summed E-state index contributed by atoms with van der Waals surface area (Å²) in [5.74, 6) is -0.948. The Morgan fingerprint density at radius 2 is 1.91 bits per heavy atom. The number of benzene rings is 1. The third-order valence-corrected chi connectivity index (χ3v) is 4.59. The number of hydrogen-bond acceptors (Lipinski definition) is 8. The van der Waals surface area contributed by atoms with Gasteiger partial charge in [-0.05, 0) is 36.3 Å². The van der Waals surface area contributed by atoms with E-state index in [0.29, 0.717) is 28.9 Å². The second-order valence-electron chi connectivity index (χ2n) is 6.98. The van der Waals surface area contributed by atoms with Crippen LogP contribution in [0.2, 0.25) is 0 Å². The highest BCUT2D eigenvalue weighted by atomic mass is 19.4. The average Bonchev–Trinajstić information content (AvgIpc) is 2.80. The van der Waals surface area contributed by atoms with E-state index in [9.17, 15) is 23.1 Å². The van der Waals surface area contributed by atoms with Crippen LogP contribution < -0.4 is 20.7 Å². The van der Waals surface area contributed by atoms with Crippen molar-refractivity contribution >= 4 is 34.7 Å². The van der Waals surface area contributed by atoms with Crippen LogP contribution in [-0.4, -0.2) is 33.1 Å². The minimum atomic E-state index is -4.76. The Labute approximate surface area is 192 Å². The van der Waals surface area contributed by atoms with Gasteiger partial charge in [-0.3, -0.25) is 4.79 Å². The summed E-state index contributed by atoms with van der Waals surface area (Å²) in [6, 6.07) is 5.88. The first-order valence-corrected chi connectivity index (χ1v) is 9.80. The van der Waals surface area contributed by atoms with E-state index in [2.05, 4.69) is 37.5 Å². The smallest absolute Gasteiger partial charge is 0.421 e. The number of ether oxygens (including phenoxy) is 1. The number of aryl methyl sites for hydroxylation is 1. The molecule has 3 aromatic rings. The summed E-state index contributed by atoms with van der Waals surface area (Å²) in [6.07, 6.45) is -1.57. The Bertz CT molecular complexity index is 1220. The van der Waals surface area contributed by atoms with Crippen LogP contribution in [0.15, 0.2) is 49.3 Å². The third-order valence-electron chi connectivity index (χ3n) is 4.59. The van der Waals surface area contributed by atoms with Gasteiger partial charge >= 0.3 is 6.18 Å². The Morgan fingerprint density at radius 3 is 2.56 bits per heavy atom. The Morgan fingerprint density at radius 1 is 1.15 bits per heavy atom. The number of aliphatic hydroxyl groups is 1. The molecule has 0 aliphatic carbocycles. The van der Waals surface area contributed by atoms with E-state index < -0.39 is 23.5 Å². The maximum atomic E-state index is 13.7. The van der Waals surface area contributed by atoms with Crippen molar-refractivity contribution in [1.82, 2.24) is 15.0 Å². The predicted octanol–water partition coefficient (Wildman–Crippen LogP) is 4.31. The quantitative estimate of drug-likeness (QED) is 0.357. The molecule has 9 nitrogen and oxygen atoms in total. The van der Waals surface area contributed by atoms with E-state index in [1.165, 1.54) is 31.5 Å². The summed E-state index contributed by atoms with van der Waals surface area (Å²) in [7, 11) is 1.43. The number of nitrogens with zero attached hydrogens (tertiary/aromatic N) is 3. The molecule has 0 saturated carbocycles. The van der Waals surface area contributed by atoms with Gasteiger partial charge in [-0.2, -0.15) is 18.2 Å². The van der Waals surface area contributed by atoms with E-state index in [1.54, 1.807) is 13.0 Å². The molecule has 0 bridgehead atoms. The van der Waals surface area contributed by atoms with Crippen molar-refractivity contribution in [2.24, 2.45) is 0 Å². The van der Waals surface area contributed by atoms with E-state index in [-0.39, 0.29) is 23.9 Å². The molecule has 0 fully saturated rings. The standard InChI is InChI=1S/C22H21F3N6O3/c1-4-18(33)28-17-7-13(11-32)5-6-15(17)29-20-14(22(23,24)25)10-27-21(31-20)30-16-8-19(34-3)26-9-12(16)2/h4-10,32H,1,11H2,2-3H3,(H,28,33)(H2,26,27,29,30,31). The number of halogens is 3. The fraction of sp³-hybridized carbons (Fsp3) is 0.182. The maximum absolute atomic E-state index is 13.7. The summed E-state index contributed by atoms with van der Waals surface area (Å²) < 4.78 is 46.1. The highest BCUT2D eigenvalue weighted by Crippen LogP contribution is 2.37. The molecule has 0 spiro atoms. The molecule has 0 saturated heterocycles. The van der Waals surface area contributed by atoms with Crippen LogP contribution in [0.1, 0.15) is 16.7 Å². The lowest BCUT2D eigenvalue weighted by atomic mass is 10.1. The number of hydrogen-bond donors (Lipinski definition) is 4. The molecule has 4 N–H and O–H groups in total. The number of carbonyl (C=O) groups excluding carboxylic acids is 1. The van der Waals surface area contributed by atoms with Crippen LogP contribution in [0, 0.1) is 6.92 Å². The van der Waals surface area contributed by atoms with Crippen molar-refractivity contribution in [1.29, 1.82) is 0 Å². The Hall–Kier alpha value is -4.19. The van der Waals surface area contributed by atoms with Crippen LogP contribution in [0.5, 0.6) is 5.88 Å². The predicted molar refractivity (Wildman–Crippen MR) is 120 cm³/mol. The fourth-order valence-corrected chi connectivity index (χ4v) is 2.83. The van der Waals surface area contributed by atoms with E-state index >= 15 is 0 Å². The van der Waals surface area contributed by atoms with Crippen LogP contribution >= 0.6 is 0 Å². The number of aromatic nitrogens is 3. The highest BCUT2D eigenvalue weighted by molar-refractivity contribution is 6.01. The summed E-state index contributed by atoms with van der Waals surface area (Å²) in [6.45, 7) is 4.77. The molecule has 0 aliphatic rings. The molecular formula is C22H21F3N6O3. The molecule has 34 heavy (non-hydrogen) atoms. The SMILES string of the molecule is C=CC(=O)Nc1cc(CO)ccc1Nc1nc(Nc2cc(OC)ncc2C)ncc1C(F)(F)F. The van der Waals surface area contributed by atoms with Gasteiger partial charge in [-0.25, -0.2) is 9.97 Å². The maximum Gasteiger partial charge on any atom is 0.421 e. The molecule has 12 heteroatoms. The Kier molecular flexibility index (Phi) is 7.31. The first kappa shape index (κ1) is 24.5. The van der Waals surface area contributed by atoms with E-state index in [0.717, 1.165) is 6.08 Å². The van der Waals surface area contributed by atoms with E-state index in [4.69, 9.17) is 4.74 Å². The topological polar surface area (TPSA) is 121 Å². The number of amides is 1. The normalized spacial score (nSPS) is 11.0. The molecule has 3 rings (SSSR count). The van der Waals surface area contributed by atoms with Crippen molar-refractivity contribution in [3.8, 4) is 5.88 Å². The summed E-state index contributed by atoms with van der Waals surface area (Å²) in [4.78, 5) is 23.7. The number of rotatable bonds is 8. The molecule has 0 unspecified atom stereocenters. The van der Waals surface area contributed by atoms with Gasteiger partial charge in [0.05, 0.1) is 30.8 Å². The van der Waals surface area contributed by atoms with Crippen LogP contribution in [0.25, 0.3) is 0 Å². The minimum absolute atomic E-state index is 0.115. The fourth-order valence-electron chi connectivity index (χ4n) is 2.83. The van der Waals surface area contributed by atoms with Gasteiger partial charge < -0.3 is 25.8 Å². The first-order chi connectivity index (χ1) is 16.1. The molecule has 2 heterocycles. The van der Waals surface area contributed by atoms with Crippen molar-refractivity contribution in [2.75, 3.05) is 23.1 Å². The summed E-state index contributed by atoms with van der Waals surface area (Å²) in [5.41, 5.74) is 0.746. The van der Waals surface area contributed by atoms with Gasteiger partial charge in [0.1, 0.15) is 11.4 Å². The monoisotopic (exact) mass is 474 g/mol. The number of aliphatic hydroxyl groups excluding tert-OH is 1. The van der Waals surface area contributed by atoms with Crippen molar-refractivity contribution in [3.63, 3.8) is 0 Å². The number of alkyl halides is 3. The van der Waals surface area contributed by atoms with Gasteiger partial charge in [0, 0.05) is 18.5 Å². The zero-order valence-corrected chi connectivity index (χ0v) is 18.2. The minimum Gasteiger partial charge on any atom is -0.481 e. The van der Waals surface area contributed by atoms with Gasteiger partial charge in [0.15, 0.2) is 0 Å². The Balaban J connectivity index is 2.03. The van der Waals surface area contributed by atoms with Crippen molar-refractivity contribution in [2.45, 2.75) is 19.7 Å². The van der Waals surface area contributed by atoms with E-state index in [1.807, 2.05) is 0 Å². The van der Waals surface area contributed by atoms with Crippen molar-refractivity contribution < 1.29 is 27.8 Å².